The Morgan fingerprint density at radius 3 is 2.71 bits per heavy atom. The molecule has 6 heteroatoms. The molecule has 0 spiro atoms. The average molecular weight is 350 g/mol. The van der Waals surface area contributed by atoms with Crippen LogP contribution in [0.3, 0.4) is 0 Å². The van der Waals surface area contributed by atoms with E-state index in [9.17, 15) is 4.39 Å². The van der Waals surface area contributed by atoms with Gasteiger partial charge in [-0.1, -0.05) is 37.6 Å². The first-order valence-electron chi connectivity index (χ1n) is 8.04. The molecular formula is C18H21ClFN3O. The first kappa shape index (κ1) is 17.0. The van der Waals surface area contributed by atoms with Gasteiger partial charge in [-0.05, 0) is 23.6 Å². The van der Waals surface area contributed by atoms with Crippen LogP contribution in [0.1, 0.15) is 13.8 Å². The van der Waals surface area contributed by atoms with E-state index in [1.165, 1.54) is 6.20 Å². The number of nitrogen functional groups attached to an aromatic ring is 1. The van der Waals surface area contributed by atoms with Crippen molar-refractivity contribution in [2.45, 2.75) is 20.0 Å². The second-order valence-corrected chi connectivity index (χ2v) is 6.71. The molecule has 1 aliphatic rings. The Kier molecular flexibility index (Phi) is 4.92. The minimum Gasteiger partial charge on any atom is -0.382 e. The van der Waals surface area contributed by atoms with E-state index in [0.717, 1.165) is 30.9 Å². The number of nitrogens with two attached hydrogens (primary N) is 1. The van der Waals surface area contributed by atoms with Gasteiger partial charge in [0.25, 0.3) is 0 Å². The lowest BCUT2D eigenvalue weighted by atomic mass is 10.0. The zero-order chi connectivity index (χ0) is 17.3. The molecule has 4 nitrogen and oxygen atoms in total. The molecule has 24 heavy (non-hydrogen) atoms. The fourth-order valence-electron chi connectivity index (χ4n) is 2.84. The van der Waals surface area contributed by atoms with E-state index in [4.69, 9.17) is 22.1 Å². The normalized spacial score (nSPS) is 18.2. The fraction of sp³-hybridized carbons (Fsp3) is 0.389. The summed E-state index contributed by atoms with van der Waals surface area (Å²) in [4.78, 5) is 6.23. The number of anilines is 2. The number of pyridine rings is 1. The molecule has 1 aromatic heterocycles. The smallest absolute Gasteiger partial charge is 0.154 e. The Labute approximate surface area is 146 Å². The average Bonchev–Trinajstić information content (AvgIpc) is 2.60. The van der Waals surface area contributed by atoms with E-state index >= 15 is 0 Å². The summed E-state index contributed by atoms with van der Waals surface area (Å²) in [5, 5.41) is -0.135. The number of hydrogen-bond donors (Lipinski definition) is 1. The highest BCUT2D eigenvalue weighted by Crippen LogP contribution is 2.31. The third-order valence-electron chi connectivity index (χ3n) is 4.37. The van der Waals surface area contributed by atoms with Gasteiger partial charge in [-0.15, -0.1) is 0 Å². The van der Waals surface area contributed by atoms with E-state index < -0.39 is 5.82 Å². The molecule has 0 saturated carbocycles. The number of aromatic nitrogens is 1. The van der Waals surface area contributed by atoms with Crippen molar-refractivity contribution in [3.8, 4) is 11.1 Å². The van der Waals surface area contributed by atoms with Gasteiger partial charge in [0, 0.05) is 30.5 Å². The van der Waals surface area contributed by atoms with E-state index in [-0.39, 0.29) is 16.9 Å². The largest absolute Gasteiger partial charge is 0.382 e. The lowest BCUT2D eigenvalue weighted by Gasteiger charge is -2.36. The molecule has 0 aliphatic carbocycles. The summed E-state index contributed by atoms with van der Waals surface area (Å²) in [5.41, 5.74) is 7.70. The van der Waals surface area contributed by atoms with Gasteiger partial charge in [0.05, 0.1) is 12.7 Å². The second-order valence-electron chi connectivity index (χ2n) is 6.33. The topological polar surface area (TPSA) is 51.4 Å². The molecule has 128 valence electrons. The van der Waals surface area contributed by atoms with Crippen LogP contribution in [0.4, 0.5) is 15.9 Å². The van der Waals surface area contributed by atoms with Gasteiger partial charge in [-0.3, -0.25) is 0 Å². The molecule has 0 unspecified atom stereocenters. The van der Waals surface area contributed by atoms with Crippen molar-refractivity contribution in [2.24, 2.45) is 5.92 Å². The highest BCUT2D eigenvalue weighted by atomic mass is 35.5. The summed E-state index contributed by atoms with van der Waals surface area (Å²) in [7, 11) is 0. The minimum absolute atomic E-state index is 0.00239. The number of nitrogens with zero attached hydrogens (tertiary/aromatic N) is 2. The van der Waals surface area contributed by atoms with Crippen LogP contribution < -0.4 is 10.6 Å². The maximum atomic E-state index is 14.3. The number of halogens is 2. The SMILES string of the molecule is CC(C)[C@@H]1CN(c2ccc(-c3cnc(N)c(Cl)c3F)cc2)CCO1. The molecule has 1 fully saturated rings. The van der Waals surface area contributed by atoms with Crippen molar-refractivity contribution >= 4 is 23.1 Å². The number of rotatable bonds is 3. The fourth-order valence-corrected chi connectivity index (χ4v) is 3.00. The molecule has 2 aromatic rings. The van der Waals surface area contributed by atoms with Gasteiger partial charge in [-0.2, -0.15) is 0 Å². The Morgan fingerprint density at radius 1 is 1.33 bits per heavy atom. The molecule has 2 heterocycles. The van der Waals surface area contributed by atoms with Crippen molar-refractivity contribution in [3.63, 3.8) is 0 Å². The van der Waals surface area contributed by atoms with Crippen LogP contribution in [0.5, 0.6) is 0 Å². The van der Waals surface area contributed by atoms with E-state index in [1.807, 2.05) is 24.3 Å². The van der Waals surface area contributed by atoms with Crippen LogP contribution in [0.2, 0.25) is 5.02 Å². The van der Waals surface area contributed by atoms with Crippen molar-refractivity contribution < 1.29 is 9.13 Å². The van der Waals surface area contributed by atoms with Crippen molar-refractivity contribution in [1.29, 1.82) is 0 Å². The third-order valence-corrected chi connectivity index (χ3v) is 4.73. The predicted molar refractivity (Wildman–Crippen MR) is 95.8 cm³/mol. The summed E-state index contributed by atoms with van der Waals surface area (Å²) >= 11 is 5.85. The van der Waals surface area contributed by atoms with Crippen LogP contribution in [-0.4, -0.2) is 30.8 Å². The van der Waals surface area contributed by atoms with Crippen molar-refractivity contribution in [1.82, 2.24) is 4.98 Å². The second kappa shape index (κ2) is 6.95. The summed E-state index contributed by atoms with van der Waals surface area (Å²) in [5.74, 6) is -0.0603. The summed E-state index contributed by atoms with van der Waals surface area (Å²) in [6.07, 6.45) is 1.64. The molecule has 1 aromatic carbocycles. The molecule has 1 saturated heterocycles. The first-order valence-corrected chi connectivity index (χ1v) is 8.41. The summed E-state index contributed by atoms with van der Waals surface area (Å²) in [6.45, 7) is 6.76. The highest BCUT2D eigenvalue weighted by Gasteiger charge is 2.23. The van der Waals surface area contributed by atoms with E-state index in [2.05, 4.69) is 23.7 Å². The molecule has 0 amide bonds. The molecule has 1 atom stereocenters. The molecule has 2 N–H and O–H groups in total. The van der Waals surface area contributed by atoms with Gasteiger partial charge in [-0.25, -0.2) is 9.37 Å². The maximum Gasteiger partial charge on any atom is 0.154 e. The third kappa shape index (κ3) is 3.32. The lowest BCUT2D eigenvalue weighted by Crippen LogP contribution is -2.44. The number of hydrogen-bond acceptors (Lipinski definition) is 4. The van der Waals surface area contributed by atoms with Crippen LogP contribution in [0.15, 0.2) is 30.5 Å². The number of ether oxygens (including phenoxy) is 1. The Morgan fingerprint density at radius 2 is 2.04 bits per heavy atom. The minimum atomic E-state index is -0.539. The first-order chi connectivity index (χ1) is 11.5. The maximum absolute atomic E-state index is 14.3. The number of morpholine rings is 1. The molecular weight excluding hydrogens is 329 g/mol. The summed E-state index contributed by atoms with van der Waals surface area (Å²) in [6, 6.07) is 7.73. The Balaban J connectivity index is 1.82. The van der Waals surface area contributed by atoms with E-state index in [1.54, 1.807) is 0 Å². The van der Waals surface area contributed by atoms with Crippen LogP contribution >= 0.6 is 11.6 Å². The molecule has 3 rings (SSSR count). The van der Waals surface area contributed by atoms with Gasteiger partial charge < -0.3 is 15.4 Å². The Bertz CT molecular complexity index is 721. The highest BCUT2D eigenvalue weighted by molar-refractivity contribution is 6.33. The Hall–Kier alpha value is -1.85. The quantitative estimate of drug-likeness (QED) is 0.910. The molecule has 0 radical (unpaired) electrons. The van der Waals surface area contributed by atoms with Gasteiger partial charge in [0.2, 0.25) is 0 Å². The van der Waals surface area contributed by atoms with Crippen LogP contribution in [-0.2, 0) is 4.74 Å². The van der Waals surface area contributed by atoms with Crippen LogP contribution in [0, 0.1) is 11.7 Å². The number of benzene rings is 1. The summed E-state index contributed by atoms with van der Waals surface area (Å²) < 4.78 is 20.1. The van der Waals surface area contributed by atoms with Crippen molar-refractivity contribution in [2.75, 3.05) is 30.3 Å². The van der Waals surface area contributed by atoms with Gasteiger partial charge in [0.15, 0.2) is 5.82 Å². The van der Waals surface area contributed by atoms with Crippen LogP contribution in [0.25, 0.3) is 11.1 Å². The van der Waals surface area contributed by atoms with E-state index in [0.29, 0.717) is 11.5 Å². The van der Waals surface area contributed by atoms with Gasteiger partial charge >= 0.3 is 0 Å². The standard InChI is InChI=1S/C18H21ClFN3O/c1-11(2)15-10-23(7-8-24-15)13-5-3-12(4-6-13)14-9-22-18(21)16(19)17(14)20/h3-6,9,11,15H,7-8,10H2,1-2H3,(H2,21,22)/t15-/m0/s1. The monoisotopic (exact) mass is 349 g/mol. The predicted octanol–water partition coefficient (Wildman–Crippen LogP) is 3.98. The van der Waals surface area contributed by atoms with Crippen molar-refractivity contribution in [3.05, 3.63) is 41.3 Å². The van der Waals surface area contributed by atoms with Gasteiger partial charge in [0.1, 0.15) is 10.8 Å². The molecule has 1 aliphatic heterocycles. The lowest BCUT2D eigenvalue weighted by molar-refractivity contribution is 0.0114. The zero-order valence-corrected chi connectivity index (χ0v) is 14.6. The molecule has 0 bridgehead atoms. The zero-order valence-electron chi connectivity index (χ0n) is 13.8.